The van der Waals surface area contributed by atoms with E-state index in [1.54, 1.807) is 11.3 Å². The van der Waals surface area contributed by atoms with Gasteiger partial charge in [-0.05, 0) is 23.6 Å². The zero-order valence-electron chi connectivity index (χ0n) is 10.7. The highest BCUT2D eigenvalue weighted by molar-refractivity contribution is 7.10. The van der Waals surface area contributed by atoms with Crippen LogP contribution in [0.1, 0.15) is 11.0 Å². The van der Waals surface area contributed by atoms with Crippen molar-refractivity contribution in [2.24, 2.45) is 7.05 Å². The van der Waals surface area contributed by atoms with Crippen LogP contribution in [-0.4, -0.2) is 9.67 Å². The third-order valence-corrected chi connectivity index (χ3v) is 4.35. The highest BCUT2D eigenvalue weighted by Crippen LogP contribution is 2.23. The Bertz CT molecular complexity index is 703. The molecule has 4 nitrogen and oxygen atoms in total. The lowest BCUT2D eigenvalue weighted by atomic mass is 10.2. The monoisotopic (exact) mass is 274 g/mol. The van der Waals surface area contributed by atoms with Crippen molar-refractivity contribution < 1.29 is 9.67 Å². The number of nitrogens with zero attached hydrogens (tertiary/aromatic N) is 2. The van der Waals surface area contributed by atoms with Crippen LogP contribution in [0.15, 0.2) is 41.8 Å². The quantitative estimate of drug-likeness (QED) is 0.716. The molecule has 2 heterocycles. The summed E-state index contributed by atoms with van der Waals surface area (Å²) in [6, 6.07) is 11.9. The van der Waals surface area contributed by atoms with E-state index in [2.05, 4.69) is 0 Å². The van der Waals surface area contributed by atoms with Crippen molar-refractivity contribution in [3.05, 3.63) is 46.7 Å². The standard InChI is InChI=1S/C14H15N3OS/c1-16-10-5-2-3-6-11(10)17(14(16)15)9-12(18)13-7-4-8-19-13/h2-8,12,15,18H,9H2,1H3/p+1. The molecule has 3 aromatic rings. The fraction of sp³-hybridized carbons (Fsp3) is 0.214. The lowest BCUT2D eigenvalue weighted by molar-refractivity contribution is -0.630. The van der Waals surface area contributed by atoms with E-state index in [0.29, 0.717) is 12.5 Å². The van der Waals surface area contributed by atoms with Crippen molar-refractivity contribution in [3.63, 3.8) is 0 Å². The number of rotatable bonds is 3. The fourth-order valence-corrected chi connectivity index (χ4v) is 3.04. The number of aromatic nitrogens is 2. The highest BCUT2D eigenvalue weighted by Gasteiger charge is 2.21. The summed E-state index contributed by atoms with van der Waals surface area (Å²) < 4.78 is 3.90. The van der Waals surface area contributed by atoms with Crippen molar-refractivity contribution in [1.82, 2.24) is 4.57 Å². The molecule has 98 valence electrons. The number of anilines is 1. The van der Waals surface area contributed by atoms with Crippen LogP contribution >= 0.6 is 11.3 Å². The molecular formula is C14H16N3OS+. The minimum atomic E-state index is -0.530. The van der Waals surface area contributed by atoms with Crippen LogP contribution in [0.5, 0.6) is 0 Å². The molecule has 0 aliphatic heterocycles. The SMILES string of the molecule is C[n+]1c(N)n(CC(O)c2cccs2)c2ccccc21. The minimum Gasteiger partial charge on any atom is -0.384 e. The Morgan fingerprint density at radius 2 is 2.11 bits per heavy atom. The Hall–Kier alpha value is -1.85. The van der Waals surface area contributed by atoms with E-state index in [0.717, 1.165) is 15.9 Å². The molecular weight excluding hydrogens is 258 g/mol. The molecule has 0 saturated carbocycles. The van der Waals surface area contributed by atoms with Gasteiger partial charge in [-0.2, -0.15) is 0 Å². The highest BCUT2D eigenvalue weighted by atomic mass is 32.1. The number of nitrogen functional groups attached to an aromatic ring is 1. The molecule has 0 saturated heterocycles. The van der Waals surface area contributed by atoms with E-state index in [1.165, 1.54) is 0 Å². The van der Waals surface area contributed by atoms with Crippen LogP contribution in [0.2, 0.25) is 0 Å². The van der Waals surface area contributed by atoms with Crippen LogP contribution in [-0.2, 0) is 13.6 Å². The summed E-state index contributed by atoms with van der Waals surface area (Å²) >= 11 is 1.56. The van der Waals surface area contributed by atoms with Crippen LogP contribution in [0, 0.1) is 0 Å². The maximum Gasteiger partial charge on any atom is 0.355 e. The number of aryl methyl sites for hydroxylation is 1. The summed E-state index contributed by atoms with van der Waals surface area (Å²) in [5, 5.41) is 12.2. The Morgan fingerprint density at radius 3 is 2.84 bits per heavy atom. The molecule has 0 aliphatic carbocycles. The van der Waals surface area contributed by atoms with Crippen molar-refractivity contribution in [1.29, 1.82) is 0 Å². The van der Waals surface area contributed by atoms with E-state index < -0.39 is 6.10 Å². The Morgan fingerprint density at radius 1 is 1.32 bits per heavy atom. The summed E-state index contributed by atoms with van der Waals surface area (Å²) in [6.45, 7) is 0.466. The average Bonchev–Trinajstić information content (AvgIpc) is 3.03. The Balaban J connectivity index is 2.03. The summed E-state index contributed by atoms with van der Waals surface area (Å²) in [5.74, 6) is 0.650. The van der Waals surface area contributed by atoms with Crippen molar-refractivity contribution in [2.45, 2.75) is 12.6 Å². The van der Waals surface area contributed by atoms with E-state index in [-0.39, 0.29) is 0 Å². The molecule has 0 spiro atoms. The van der Waals surface area contributed by atoms with Gasteiger partial charge in [-0.1, -0.05) is 18.2 Å². The van der Waals surface area contributed by atoms with E-state index in [4.69, 9.17) is 5.73 Å². The largest absolute Gasteiger partial charge is 0.384 e. The van der Waals surface area contributed by atoms with Crippen LogP contribution in [0.3, 0.4) is 0 Å². The Kier molecular flexibility index (Phi) is 3.00. The van der Waals surface area contributed by atoms with Crippen LogP contribution in [0.25, 0.3) is 11.0 Å². The first-order chi connectivity index (χ1) is 9.18. The molecule has 3 rings (SSSR count). The minimum absolute atomic E-state index is 0.466. The molecule has 0 aliphatic rings. The van der Waals surface area contributed by atoms with Crippen LogP contribution < -0.4 is 10.3 Å². The van der Waals surface area contributed by atoms with Gasteiger partial charge in [0.25, 0.3) is 0 Å². The molecule has 3 N–H and O–H groups in total. The van der Waals surface area contributed by atoms with Gasteiger partial charge in [-0.3, -0.25) is 5.73 Å². The molecule has 1 unspecified atom stereocenters. The molecule has 0 fully saturated rings. The second-order valence-electron chi connectivity index (χ2n) is 4.55. The van der Waals surface area contributed by atoms with Gasteiger partial charge in [0.2, 0.25) is 0 Å². The van der Waals surface area contributed by atoms with Crippen molar-refractivity contribution >= 4 is 28.3 Å². The zero-order valence-corrected chi connectivity index (χ0v) is 11.5. The number of imidazole rings is 1. The summed E-state index contributed by atoms with van der Waals surface area (Å²) in [6.07, 6.45) is -0.530. The lowest BCUT2D eigenvalue weighted by Crippen LogP contribution is -2.31. The molecule has 0 bridgehead atoms. The van der Waals surface area contributed by atoms with Gasteiger partial charge in [0, 0.05) is 4.88 Å². The van der Waals surface area contributed by atoms with E-state index >= 15 is 0 Å². The zero-order chi connectivity index (χ0) is 13.4. The summed E-state index contributed by atoms with van der Waals surface area (Å²) in [5.41, 5.74) is 8.24. The van der Waals surface area contributed by atoms with Gasteiger partial charge in [0.15, 0.2) is 0 Å². The number of aliphatic hydroxyl groups is 1. The third-order valence-electron chi connectivity index (χ3n) is 3.38. The lowest BCUT2D eigenvalue weighted by Gasteiger charge is -2.07. The molecule has 5 heteroatoms. The molecule has 0 amide bonds. The van der Waals surface area contributed by atoms with Gasteiger partial charge in [0.05, 0.1) is 7.05 Å². The number of thiophene rings is 1. The number of nitrogens with two attached hydrogens (primary N) is 1. The number of aliphatic hydroxyl groups excluding tert-OH is 1. The Labute approximate surface area is 115 Å². The first kappa shape index (κ1) is 12.2. The molecule has 19 heavy (non-hydrogen) atoms. The maximum absolute atomic E-state index is 10.3. The molecule has 1 atom stereocenters. The second kappa shape index (κ2) is 4.68. The number of fused-ring (bicyclic) bond motifs is 1. The number of para-hydroxylation sites is 2. The second-order valence-corrected chi connectivity index (χ2v) is 5.53. The summed E-state index contributed by atoms with van der Waals surface area (Å²) in [4.78, 5) is 0.958. The van der Waals surface area contributed by atoms with Crippen molar-refractivity contribution in [3.8, 4) is 0 Å². The third kappa shape index (κ3) is 2.01. The van der Waals surface area contributed by atoms with Gasteiger partial charge in [0.1, 0.15) is 23.7 Å². The average molecular weight is 274 g/mol. The first-order valence-electron chi connectivity index (χ1n) is 6.12. The predicted molar refractivity (Wildman–Crippen MR) is 76.8 cm³/mol. The van der Waals surface area contributed by atoms with Crippen LogP contribution in [0.4, 0.5) is 5.95 Å². The summed E-state index contributed by atoms with van der Waals surface area (Å²) in [7, 11) is 1.94. The fourth-order valence-electron chi connectivity index (χ4n) is 2.34. The number of hydrogen-bond donors (Lipinski definition) is 2. The van der Waals surface area contributed by atoms with Crippen molar-refractivity contribution in [2.75, 3.05) is 5.73 Å². The smallest absolute Gasteiger partial charge is 0.355 e. The number of hydrogen-bond acceptors (Lipinski definition) is 3. The normalized spacial score (nSPS) is 12.9. The maximum atomic E-state index is 10.3. The van der Waals surface area contributed by atoms with E-state index in [1.807, 2.05) is 58.0 Å². The van der Waals surface area contributed by atoms with E-state index in [9.17, 15) is 5.11 Å². The van der Waals surface area contributed by atoms with Gasteiger partial charge >= 0.3 is 5.95 Å². The molecule has 0 radical (unpaired) electrons. The van der Waals surface area contributed by atoms with Gasteiger partial charge in [-0.25, -0.2) is 9.13 Å². The molecule has 1 aromatic carbocycles. The topological polar surface area (TPSA) is 55.1 Å². The van der Waals surface area contributed by atoms with Gasteiger partial charge in [-0.15, -0.1) is 11.3 Å². The van der Waals surface area contributed by atoms with Gasteiger partial charge < -0.3 is 5.11 Å². The first-order valence-corrected chi connectivity index (χ1v) is 7.00. The number of benzene rings is 1. The predicted octanol–water partition coefficient (Wildman–Crippen LogP) is 1.84. The molecule has 2 aromatic heterocycles.